The van der Waals surface area contributed by atoms with Gasteiger partial charge in [-0.15, -0.1) is 0 Å². The average Bonchev–Trinajstić information content (AvgIpc) is 3.38. The Morgan fingerprint density at radius 3 is 1.38 bits per heavy atom. The normalized spacial score (nSPS) is 13.3. The summed E-state index contributed by atoms with van der Waals surface area (Å²) in [6, 6.07) is 60.6. The fourth-order valence-electron chi connectivity index (χ4n) is 9.84. The molecule has 0 saturated heterocycles. The molecule has 0 bridgehead atoms. The summed E-state index contributed by atoms with van der Waals surface area (Å²) in [4.78, 5) is 4.74. The van der Waals surface area contributed by atoms with Crippen molar-refractivity contribution in [3.63, 3.8) is 0 Å². The molecule has 5 nitrogen and oxygen atoms in total. The minimum atomic E-state index is 0.673. The molecule has 0 amide bonds. The van der Waals surface area contributed by atoms with Crippen molar-refractivity contribution < 1.29 is 9.47 Å². The summed E-state index contributed by atoms with van der Waals surface area (Å²) in [7, 11) is 3.41. The van der Waals surface area contributed by atoms with Gasteiger partial charge in [0.25, 0.3) is 0 Å². The zero-order valence-corrected chi connectivity index (χ0v) is 37.7. The van der Waals surface area contributed by atoms with Gasteiger partial charge >= 0.3 is 0 Å². The van der Waals surface area contributed by atoms with Crippen molar-refractivity contribution in [1.82, 2.24) is 0 Å². The van der Waals surface area contributed by atoms with Gasteiger partial charge in [-0.1, -0.05) is 97.1 Å². The molecular formula is C61H53N3O2. The summed E-state index contributed by atoms with van der Waals surface area (Å²) in [5.74, 6) is 1.68. The zero-order chi connectivity index (χ0) is 44.8. The molecule has 324 valence electrons. The van der Waals surface area contributed by atoms with Gasteiger partial charge in [0.05, 0.1) is 19.8 Å². The second-order valence-electron chi connectivity index (χ2n) is 17.3. The molecule has 8 aromatic rings. The molecule has 66 heavy (non-hydrogen) atoms. The van der Waals surface area contributed by atoms with Crippen molar-refractivity contribution in [3.8, 4) is 17.6 Å². The first-order valence-electron chi connectivity index (χ1n) is 23.2. The lowest BCUT2D eigenvalue weighted by Crippen LogP contribution is -2.15. The standard InChI is InChI=1S/C61H53N3O2/c1-65-54-36-32-52(33-37-54)63(60-15-7-11-46-9-3-5-13-57(46)60)50-28-20-43(21-29-50)17-18-45-24-40-56-49(41-45)27-26-48(59(56)42-62)25-19-44-22-30-51(31-23-44)64(53-34-38-55(66-2)39-35-53)61-16-8-12-47-10-4-6-14-58(47)61/h7-8,11-12,15-41H,3-6,9-10,13-14H2,1-2H3/b18-17-,25-19-. The van der Waals surface area contributed by atoms with Gasteiger partial charge in [-0.2, -0.15) is 5.26 Å². The van der Waals surface area contributed by atoms with Crippen LogP contribution in [0.3, 0.4) is 0 Å². The minimum Gasteiger partial charge on any atom is -0.497 e. The number of nitriles is 1. The van der Waals surface area contributed by atoms with Crippen molar-refractivity contribution in [1.29, 1.82) is 5.26 Å². The number of methoxy groups -OCH3 is 2. The summed E-state index contributed by atoms with van der Waals surface area (Å²) >= 11 is 0. The molecule has 0 atom stereocenters. The van der Waals surface area contributed by atoms with Gasteiger partial charge in [0.15, 0.2) is 0 Å². The summed E-state index contributed by atoms with van der Waals surface area (Å²) < 4.78 is 11.0. The Morgan fingerprint density at radius 2 is 0.894 bits per heavy atom. The topological polar surface area (TPSA) is 48.7 Å². The number of hydrogen-bond donors (Lipinski definition) is 0. The third-order valence-corrected chi connectivity index (χ3v) is 13.3. The number of rotatable bonds is 12. The van der Waals surface area contributed by atoms with Crippen LogP contribution >= 0.6 is 0 Å². The smallest absolute Gasteiger partial charge is 0.119 e. The highest BCUT2D eigenvalue weighted by Gasteiger charge is 2.22. The first-order valence-corrected chi connectivity index (χ1v) is 23.2. The molecule has 8 aromatic carbocycles. The van der Waals surface area contributed by atoms with E-state index in [4.69, 9.17) is 9.47 Å². The number of aryl methyl sites for hydroxylation is 2. The van der Waals surface area contributed by atoms with Gasteiger partial charge < -0.3 is 19.3 Å². The maximum Gasteiger partial charge on any atom is 0.119 e. The predicted octanol–water partition coefficient (Wildman–Crippen LogP) is 15.8. The SMILES string of the molecule is COc1ccc(N(c2ccc(/C=C\c3ccc4c(C#N)c(/C=C\c5ccc(N(c6ccc(OC)cc6)c6cccc7c6CCCC7)cc5)ccc4c3)cc2)c2cccc3c2CCCC3)cc1. The minimum absolute atomic E-state index is 0.673. The highest BCUT2D eigenvalue weighted by molar-refractivity contribution is 5.94. The van der Waals surface area contributed by atoms with E-state index in [2.05, 4.69) is 180 Å². The van der Waals surface area contributed by atoms with Crippen LogP contribution in [0.1, 0.15) is 75.8 Å². The van der Waals surface area contributed by atoms with E-state index in [-0.39, 0.29) is 0 Å². The third kappa shape index (κ3) is 8.71. The van der Waals surface area contributed by atoms with Crippen molar-refractivity contribution in [2.24, 2.45) is 0 Å². The van der Waals surface area contributed by atoms with E-state index in [9.17, 15) is 5.26 Å². The monoisotopic (exact) mass is 859 g/mol. The summed E-state index contributed by atoms with van der Waals surface area (Å²) in [5, 5.41) is 12.4. The third-order valence-electron chi connectivity index (χ3n) is 13.3. The number of nitrogens with zero attached hydrogens (tertiary/aromatic N) is 3. The lowest BCUT2D eigenvalue weighted by atomic mass is 9.90. The molecule has 0 fully saturated rings. The number of ether oxygens (including phenoxy) is 2. The highest BCUT2D eigenvalue weighted by atomic mass is 16.5. The van der Waals surface area contributed by atoms with Crippen LogP contribution in [0.15, 0.2) is 164 Å². The average molecular weight is 860 g/mol. The van der Waals surface area contributed by atoms with Crippen LogP contribution in [0.5, 0.6) is 11.5 Å². The molecule has 0 N–H and O–H groups in total. The second-order valence-corrected chi connectivity index (χ2v) is 17.3. The van der Waals surface area contributed by atoms with Crippen LogP contribution in [0.2, 0.25) is 0 Å². The molecule has 0 saturated carbocycles. The van der Waals surface area contributed by atoms with Gasteiger partial charge in [-0.3, -0.25) is 0 Å². The van der Waals surface area contributed by atoms with Crippen molar-refractivity contribution in [2.75, 3.05) is 24.0 Å². The van der Waals surface area contributed by atoms with Crippen LogP contribution in [-0.2, 0) is 25.7 Å². The molecule has 2 aliphatic rings. The molecule has 0 aromatic heterocycles. The lowest BCUT2D eigenvalue weighted by Gasteiger charge is -2.30. The first kappa shape index (κ1) is 42.2. The van der Waals surface area contributed by atoms with Crippen molar-refractivity contribution >= 4 is 69.2 Å². The molecule has 0 aliphatic heterocycles. The van der Waals surface area contributed by atoms with E-state index >= 15 is 0 Å². The zero-order valence-electron chi connectivity index (χ0n) is 37.7. The van der Waals surface area contributed by atoms with Gasteiger partial charge in [-0.05, 0) is 192 Å². The fourth-order valence-corrected chi connectivity index (χ4v) is 9.84. The molecule has 5 heteroatoms. The van der Waals surface area contributed by atoms with Crippen LogP contribution < -0.4 is 19.3 Å². The van der Waals surface area contributed by atoms with E-state index in [1.54, 1.807) is 14.2 Å². The quantitative estimate of drug-likeness (QED) is 0.115. The Hall–Kier alpha value is -7.81. The van der Waals surface area contributed by atoms with E-state index in [0.717, 1.165) is 93.0 Å². The number of anilines is 6. The van der Waals surface area contributed by atoms with Gasteiger partial charge in [0.1, 0.15) is 17.6 Å². The largest absolute Gasteiger partial charge is 0.497 e. The van der Waals surface area contributed by atoms with Gasteiger partial charge in [0.2, 0.25) is 0 Å². The van der Waals surface area contributed by atoms with Gasteiger partial charge in [-0.25, -0.2) is 0 Å². The molecule has 0 radical (unpaired) electrons. The molecule has 2 aliphatic carbocycles. The summed E-state index contributed by atoms with van der Waals surface area (Å²) in [6.07, 6.45) is 17.8. The maximum atomic E-state index is 10.4. The number of fused-ring (bicyclic) bond motifs is 3. The molecule has 0 spiro atoms. The van der Waals surface area contributed by atoms with E-state index in [0.29, 0.717) is 5.56 Å². The van der Waals surface area contributed by atoms with Crippen LogP contribution in [0.25, 0.3) is 35.1 Å². The maximum absolute atomic E-state index is 10.4. The first-order chi connectivity index (χ1) is 32.6. The van der Waals surface area contributed by atoms with Crippen LogP contribution in [0.4, 0.5) is 34.1 Å². The highest BCUT2D eigenvalue weighted by Crippen LogP contribution is 2.42. The van der Waals surface area contributed by atoms with Crippen molar-refractivity contribution in [2.45, 2.75) is 51.4 Å². The summed E-state index contributed by atoms with van der Waals surface area (Å²) in [6.45, 7) is 0. The van der Waals surface area contributed by atoms with E-state index in [1.165, 1.54) is 59.3 Å². The Morgan fingerprint density at radius 1 is 0.455 bits per heavy atom. The Balaban J connectivity index is 0.874. The molecular weight excluding hydrogens is 807 g/mol. The summed E-state index contributed by atoms with van der Waals surface area (Å²) in [5.41, 5.74) is 17.5. The van der Waals surface area contributed by atoms with Crippen LogP contribution in [0, 0.1) is 11.3 Å². The number of hydrogen-bond acceptors (Lipinski definition) is 5. The Bertz CT molecular complexity index is 3100. The van der Waals surface area contributed by atoms with Crippen molar-refractivity contribution in [3.05, 3.63) is 214 Å². The fraction of sp³-hybridized carbons (Fsp3) is 0.164. The Kier molecular flexibility index (Phi) is 12.2. The van der Waals surface area contributed by atoms with E-state index < -0.39 is 0 Å². The second kappa shape index (κ2) is 19.1. The molecule has 0 heterocycles. The lowest BCUT2D eigenvalue weighted by molar-refractivity contribution is 0.414. The molecule has 0 unspecified atom stereocenters. The van der Waals surface area contributed by atoms with Crippen LogP contribution in [-0.4, -0.2) is 14.2 Å². The Labute approximate surface area is 389 Å². The molecule has 10 rings (SSSR count). The van der Waals surface area contributed by atoms with E-state index in [1.807, 2.05) is 24.3 Å². The predicted molar refractivity (Wildman–Crippen MR) is 275 cm³/mol. The van der Waals surface area contributed by atoms with Gasteiger partial charge in [0, 0.05) is 39.5 Å². The number of benzene rings is 8.